The summed E-state index contributed by atoms with van der Waals surface area (Å²) in [5, 5.41) is 4.42. The lowest BCUT2D eigenvalue weighted by Gasteiger charge is -2.08. The van der Waals surface area contributed by atoms with E-state index in [1.165, 1.54) is 16.8 Å². The minimum Gasteiger partial charge on any atom is -0.441 e. The summed E-state index contributed by atoms with van der Waals surface area (Å²) in [6, 6.07) is 4.26. The fourth-order valence-corrected chi connectivity index (χ4v) is 3.09. The number of ether oxygens (including phenoxy) is 1. The number of nitrogens with zero attached hydrogens (tertiary/aromatic N) is 4. The van der Waals surface area contributed by atoms with E-state index in [4.69, 9.17) is 4.42 Å². The quantitative estimate of drug-likeness (QED) is 0.492. The van der Waals surface area contributed by atoms with Crippen LogP contribution in [0.5, 0.6) is 6.08 Å². The summed E-state index contributed by atoms with van der Waals surface area (Å²) in [7, 11) is 0. The summed E-state index contributed by atoms with van der Waals surface area (Å²) >= 11 is 0. The smallest absolute Gasteiger partial charge is 0.422 e. The average molecular weight is 446 g/mol. The molecule has 1 aliphatic rings. The number of halogens is 6. The van der Waals surface area contributed by atoms with E-state index in [1.807, 2.05) is 13.8 Å². The van der Waals surface area contributed by atoms with Crippen LogP contribution >= 0.6 is 0 Å². The van der Waals surface area contributed by atoms with Gasteiger partial charge in [-0.05, 0) is 36.1 Å². The lowest BCUT2D eigenvalue weighted by atomic mass is 10.1. The van der Waals surface area contributed by atoms with Crippen LogP contribution in [0.25, 0.3) is 17.2 Å². The van der Waals surface area contributed by atoms with E-state index in [2.05, 4.69) is 19.8 Å². The Balaban J connectivity index is 1.69. The molecule has 1 saturated carbocycles. The van der Waals surface area contributed by atoms with Gasteiger partial charge in [-0.15, -0.1) is 0 Å². The summed E-state index contributed by atoms with van der Waals surface area (Å²) in [6.45, 7) is 2.46. The summed E-state index contributed by atoms with van der Waals surface area (Å²) in [4.78, 5) is 8.30. The first-order valence-electron chi connectivity index (χ1n) is 9.13. The Morgan fingerprint density at radius 3 is 2.29 bits per heavy atom. The van der Waals surface area contributed by atoms with Gasteiger partial charge in [0, 0.05) is 5.92 Å². The molecule has 1 atom stereocenters. The van der Waals surface area contributed by atoms with Gasteiger partial charge in [0.25, 0.3) is 0 Å². The van der Waals surface area contributed by atoms with E-state index in [0.717, 1.165) is 24.8 Å². The fourth-order valence-electron chi connectivity index (χ4n) is 3.09. The third kappa shape index (κ3) is 4.52. The Morgan fingerprint density at radius 2 is 1.74 bits per heavy atom. The third-order valence-corrected chi connectivity index (χ3v) is 4.96. The van der Waals surface area contributed by atoms with E-state index in [0.29, 0.717) is 5.82 Å². The summed E-state index contributed by atoms with van der Waals surface area (Å²) < 4.78 is 86.4. The second kappa shape index (κ2) is 6.99. The van der Waals surface area contributed by atoms with Crippen molar-refractivity contribution in [3.63, 3.8) is 0 Å². The molecule has 1 aromatic carbocycles. The van der Waals surface area contributed by atoms with Crippen molar-refractivity contribution in [1.29, 1.82) is 0 Å². The van der Waals surface area contributed by atoms with Crippen LogP contribution in [0.4, 0.5) is 26.3 Å². The first kappa shape index (κ1) is 21.2. The van der Waals surface area contributed by atoms with Crippen LogP contribution in [0.1, 0.15) is 37.6 Å². The van der Waals surface area contributed by atoms with Gasteiger partial charge in [-0.2, -0.15) is 36.4 Å². The third-order valence-electron chi connectivity index (χ3n) is 4.96. The van der Waals surface area contributed by atoms with Crippen LogP contribution in [0.3, 0.4) is 0 Å². The Bertz CT molecular complexity index is 1080. The lowest BCUT2D eigenvalue weighted by Crippen LogP contribution is -2.19. The van der Waals surface area contributed by atoms with E-state index in [9.17, 15) is 26.3 Å². The standard InChI is InChI=1S/C19H16F6N4O2/c1-17(2)7-12(17)14-27-15(13-8-30-16(26-13)31-9-18(20,21)22)29(28-14)11-5-3-10(4-6-11)19(23,24)25/h3-6,8,12H,7,9H2,1-2H3. The van der Waals surface area contributed by atoms with Crippen LogP contribution in [0.15, 0.2) is 34.9 Å². The molecule has 1 aliphatic carbocycles. The summed E-state index contributed by atoms with van der Waals surface area (Å²) in [5.41, 5.74) is -0.546. The maximum Gasteiger partial charge on any atom is 0.422 e. The van der Waals surface area contributed by atoms with Crippen molar-refractivity contribution >= 4 is 0 Å². The number of benzene rings is 1. The Hall–Kier alpha value is -3.05. The predicted octanol–water partition coefficient (Wildman–Crippen LogP) is 5.40. The molecule has 31 heavy (non-hydrogen) atoms. The van der Waals surface area contributed by atoms with Gasteiger partial charge in [0.2, 0.25) is 0 Å². The molecule has 12 heteroatoms. The highest BCUT2D eigenvalue weighted by molar-refractivity contribution is 5.53. The molecular formula is C19H16F6N4O2. The van der Waals surface area contributed by atoms with Crippen molar-refractivity contribution in [1.82, 2.24) is 19.7 Å². The maximum absolute atomic E-state index is 12.9. The molecule has 0 N–H and O–H groups in total. The molecule has 6 nitrogen and oxygen atoms in total. The van der Waals surface area contributed by atoms with Crippen molar-refractivity contribution in [2.75, 3.05) is 6.61 Å². The monoisotopic (exact) mass is 446 g/mol. The normalized spacial score (nSPS) is 18.3. The molecule has 3 aromatic rings. The van der Waals surface area contributed by atoms with Gasteiger partial charge >= 0.3 is 18.4 Å². The number of rotatable bonds is 5. The molecule has 2 heterocycles. The van der Waals surface area contributed by atoms with E-state index < -0.39 is 30.6 Å². The van der Waals surface area contributed by atoms with Gasteiger partial charge < -0.3 is 9.15 Å². The Morgan fingerprint density at radius 1 is 1.10 bits per heavy atom. The van der Waals surface area contributed by atoms with Crippen molar-refractivity contribution in [3.05, 3.63) is 41.9 Å². The van der Waals surface area contributed by atoms with Crippen molar-refractivity contribution < 1.29 is 35.5 Å². The predicted molar refractivity (Wildman–Crippen MR) is 94.5 cm³/mol. The molecule has 0 aliphatic heterocycles. The molecule has 4 rings (SSSR count). The first-order valence-corrected chi connectivity index (χ1v) is 9.13. The molecule has 0 amide bonds. The molecule has 0 saturated heterocycles. The van der Waals surface area contributed by atoms with Crippen molar-refractivity contribution in [2.45, 2.75) is 38.5 Å². The van der Waals surface area contributed by atoms with Gasteiger partial charge in [0.1, 0.15) is 6.26 Å². The zero-order valence-corrected chi connectivity index (χ0v) is 16.3. The highest BCUT2D eigenvalue weighted by Crippen LogP contribution is 2.57. The second-order valence-corrected chi connectivity index (χ2v) is 7.90. The van der Waals surface area contributed by atoms with E-state index >= 15 is 0 Å². The molecule has 0 radical (unpaired) electrons. The van der Waals surface area contributed by atoms with E-state index in [1.54, 1.807) is 0 Å². The number of oxazole rings is 1. The van der Waals surface area contributed by atoms with Gasteiger partial charge in [-0.1, -0.05) is 13.8 Å². The largest absolute Gasteiger partial charge is 0.441 e. The number of hydrogen-bond donors (Lipinski definition) is 0. The number of aromatic nitrogens is 4. The molecule has 1 fully saturated rings. The van der Waals surface area contributed by atoms with Crippen molar-refractivity contribution in [3.8, 4) is 23.3 Å². The van der Waals surface area contributed by atoms with E-state index in [-0.39, 0.29) is 28.5 Å². The zero-order chi connectivity index (χ0) is 22.6. The fraction of sp³-hybridized carbons (Fsp3) is 0.421. The highest BCUT2D eigenvalue weighted by atomic mass is 19.4. The second-order valence-electron chi connectivity index (χ2n) is 7.90. The SMILES string of the molecule is CC1(C)CC1c1nc(-c2coc(OCC(F)(F)F)n2)n(-c2ccc(C(F)(F)F)cc2)n1. The molecular weight excluding hydrogens is 430 g/mol. The van der Waals surface area contributed by atoms with Crippen molar-refractivity contribution in [2.24, 2.45) is 5.41 Å². The van der Waals surface area contributed by atoms with Crippen LogP contribution in [0.2, 0.25) is 0 Å². The molecule has 166 valence electrons. The molecule has 1 unspecified atom stereocenters. The van der Waals surface area contributed by atoms with Gasteiger partial charge in [0.05, 0.1) is 11.3 Å². The molecule has 0 spiro atoms. The average Bonchev–Trinajstić information content (AvgIpc) is 3.06. The summed E-state index contributed by atoms with van der Waals surface area (Å²) in [6.07, 6.45) is -7.80. The Labute approximate surface area is 171 Å². The first-order chi connectivity index (χ1) is 14.3. The topological polar surface area (TPSA) is 66.0 Å². The Kier molecular flexibility index (Phi) is 4.78. The van der Waals surface area contributed by atoms with Crippen LogP contribution in [-0.4, -0.2) is 32.5 Å². The van der Waals surface area contributed by atoms with Crippen LogP contribution in [-0.2, 0) is 6.18 Å². The number of alkyl halides is 6. The molecule has 2 aromatic heterocycles. The lowest BCUT2D eigenvalue weighted by molar-refractivity contribution is -0.156. The van der Waals surface area contributed by atoms with Crippen LogP contribution in [0, 0.1) is 5.41 Å². The van der Waals surface area contributed by atoms with Crippen LogP contribution < -0.4 is 4.74 Å². The molecule has 0 bridgehead atoms. The number of hydrogen-bond acceptors (Lipinski definition) is 5. The minimum atomic E-state index is -4.57. The summed E-state index contributed by atoms with van der Waals surface area (Å²) in [5.74, 6) is 0.610. The van der Waals surface area contributed by atoms with Gasteiger partial charge in [-0.25, -0.2) is 9.67 Å². The van der Waals surface area contributed by atoms with Gasteiger partial charge in [-0.3, -0.25) is 0 Å². The zero-order valence-electron chi connectivity index (χ0n) is 16.3. The minimum absolute atomic E-state index is 0.0333. The van der Waals surface area contributed by atoms with Gasteiger partial charge in [0.15, 0.2) is 23.9 Å². The highest BCUT2D eigenvalue weighted by Gasteiger charge is 2.49. The maximum atomic E-state index is 12.9.